The van der Waals surface area contributed by atoms with Crippen molar-refractivity contribution in [3.63, 3.8) is 0 Å². The Morgan fingerprint density at radius 3 is 2.65 bits per heavy atom. The highest BCUT2D eigenvalue weighted by atomic mass is 32.1. The Morgan fingerprint density at radius 2 is 1.96 bits per heavy atom. The first kappa shape index (κ1) is 18.1. The molecule has 7 nitrogen and oxygen atoms in total. The molecule has 2 aromatic rings. The van der Waals surface area contributed by atoms with E-state index in [1.165, 1.54) is 23.7 Å². The molecule has 1 aliphatic heterocycles. The van der Waals surface area contributed by atoms with Crippen molar-refractivity contribution in [3.8, 4) is 0 Å². The molecule has 1 fully saturated rings. The fourth-order valence-electron chi connectivity index (χ4n) is 3.11. The van der Waals surface area contributed by atoms with Gasteiger partial charge in [0.2, 0.25) is 0 Å². The van der Waals surface area contributed by atoms with Gasteiger partial charge in [-0.25, -0.2) is 0 Å². The van der Waals surface area contributed by atoms with Gasteiger partial charge in [0.1, 0.15) is 4.88 Å². The summed E-state index contributed by atoms with van der Waals surface area (Å²) in [5.41, 5.74) is 0.883. The van der Waals surface area contributed by atoms with E-state index in [0.717, 1.165) is 0 Å². The molecule has 2 N–H and O–H groups in total. The first-order valence-electron chi connectivity index (χ1n) is 8.26. The van der Waals surface area contributed by atoms with E-state index in [1.54, 1.807) is 28.5 Å². The number of carboxylic acids is 1. The first-order chi connectivity index (χ1) is 12.5. The number of hydrogen-bond acceptors (Lipinski definition) is 5. The van der Waals surface area contributed by atoms with E-state index in [2.05, 4.69) is 10.3 Å². The van der Waals surface area contributed by atoms with Gasteiger partial charge in [-0.3, -0.25) is 19.4 Å². The highest BCUT2D eigenvalue weighted by Gasteiger charge is 2.33. The molecule has 0 aliphatic carbocycles. The van der Waals surface area contributed by atoms with E-state index in [4.69, 9.17) is 0 Å². The number of pyridine rings is 1. The topological polar surface area (TPSA) is 99.6 Å². The molecular formula is C18H19N3O4S. The highest BCUT2D eigenvalue weighted by molar-refractivity contribution is 7.12. The second kappa shape index (κ2) is 7.65. The minimum atomic E-state index is -0.883. The summed E-state index contributed by atoms with van der Waals surface area (Å²) in [5, 5.41) is 13.8. The second-order valence-corrected chi connectivity index (χ2v) is 7.36. The van der Waals surface area contributed by atoms with Crippen molar-refractivity contribution in [1.82, 2.24) is 9.88 Å². The Bertz CT molecular complexity index is 821. The Labute approximate surface area is 154 Å². The van der Waals surface area contributed by atoms with Crippen LogP contribution < -0.4 is 5.32 Å². The number of nitrogens with one attached hydrogen (secondary N) is 1. The predicted molar refractivity (Wildman–Crippen MR) is 97.3 cm³/mol. The lowest BCUT2D eigenvalue weighted by Crippen LogP contribution is -2.45. The van der Waals surface area contributed by atoms with Gasteiger partial charge in [-0.15, -0.1) is 11.3 Å². The maximum Gasteiger partial charge on any atom is 0.308 e. The molecule has 1 aliphatic rings. The molecule has 2 aromatic heterocycles. The van der Waals surface area contributed by atoms with Crippen molar-refractivity contribution >= 4 is 34.8 Å². The molecule has 136 valence electrons. The molecule has 0 saturated carbocycles. The van der Waals surface area contributed by atoms with Crippen molar-refractivity contribution < 1.29 is 19.5 Å². The third kappa shape index (κ3) is 3.91. The van der Waals surface area contributed by atoms with Gasteiger partial charge in [0, 0.05) is 31.0 Å². The molecule has 0 radical (unpaired) electrons. The summed E-state index contributed by atoms with van der Waals surface area (Å²) in [6.45, 7) is 2.64. The molecule has 8 heteroatoms. The van der Waals surface area contributed by atoms with Crippen LogP contribution in [0.25, 0.3) is 0 Å². The summed E-state index contributed by atoms with van der Waals surface area (Å²) in [6, 6.07) is 4.86. The Hall–Kier alpha value is -2.74. The zero-order valence-electron chi connectivity index (χ0n) is 14.2. The monoisotopic (exact) mass is 373 g/mol. The van der Waals surface area contributed by atoms with E-state index in [9.17, 15) is 19.5 Å². The number of carboxylic acid groups (broad SMARTS) is 1. The number of likely N-dealkylation sites (tertiary alicyclic amines) is 1. The van der Waals surface area contributed by atoms with Crippen LogP contribution in [0.4, 0.5) is 5.69 Å². The number of aromatic nitrogens is 1. The van der Waals surface area contributed by atoms with Crippen LogP contribution in [0.1, 0.15) is 33.4 Å². The van der Waals surface area contributed by atoms with Crippen LogP contribution in [0.3, 0.4) is 0 Å². The number of aliphatic carboxylic acids is 1. The summed E-state index contributed by atoms with van der Waals surface area (Å²) in [6.07, 6.45) is 3.61. The largest absolute Gasteiger partial charge is 0.481 e. The average molecular weight is 373 g/mol. The fourth-order valence-corrected chi connectivity index (χ4v) is 3.93. The normalized spacial score (nSPS) is 19.8. The summed E-state index contributed by atoms with van der Waals surface area (Å²) in [4.78, 5) is 42.4. The molecule has 26 heavy (non-hydrogen) atoms. The van der Waals surface area contributed by atoms with Crippen LogP contribution in [0, 0.1) is 11.8 Å². The number of rotatable bonds is 4. The number of piperidine rings is 1. The second-order valence-electron chi connectivity index (χ2n) is 6.44. The van der Waals surface area contributed by atoms with Crippen LogP contribution in [-0.4, -0.2) is 45.9 Å². The summed E-state index contributed by atoms with van der Waals surface area (Å²) in [5.74, 6) is -1.90. The van der Waals surface area contributed by atoms with E-state index in [1.807, 2.05) is 6.92 Å². The van der Waals surface area contributed by atoms with Gasteiger partial charge in [0.15, 0.2) is 0 Å². The molecule has 0 bridgehead atoms. The van der Waals surface area contributed by atoms with Crippen molar-refractivity contribution in [1.29, 1.82) is 0 Å². The molecule has 1 saturated heterocycles. The lowest BCUT2D eigenvalue weighted by Gasteiger charge is -2.34. The fraction of sp³-hybridized carbons (Fsp3) is 0.333. The van der Waals surface area contributed by atoms with Gasteiger partial charge < -0.3 is 15.3 Å². The van der Waals surface area contributed by atoms with Crippen LogP contribution in [0.5, 0.6) is 0 Å². The number of nitrogens with zero attached hydrogens (tertiary/aromatic N) is 2. The van der Waals surface area contributed by atoms with Crippen LogP contribution in [0.2, 0.25) is 0 Å². The molecule has 2 atom stereocenters. The van der Waals surface area contributed by atoms with Crippen molar-refractivity contribution in [2.24, 2.45) is 11.8 Å². The van der Waals surface area contributed by atoms with Crippen LogP contribution in [0.15, 0.2) is 36.0 Å². The number of anilines is 1. The van der Waals surface area contributed by atoms with Gasteiger partial charge in [-0.1, -0.05) is 6.92 Å². The third-order valence-electron chi connectivity index (χ3n) is 4.35. The van der Waals surface area contributed by atoms with E-state index < -0.39 is 11.9 Å². The smallest absolute Gasteiger partial charge is 0.308 e. The highest BCUT2D eigenvalue weighted by Crippen LogP contribution is 2.28. The Kier molecular flexibility index (Phi) is 5.32. The SMILES string of the molecule is CC1CC(C(=O)O)CN(C(=O)c2sccc2NC(=O)c2ccncc2)C1. The van der Waals surface area contributed by atoms with E-state index in [-0.39, 0.29) is 24.3 Å². The number of carbonyl (C=O) groups excluding carboxylic acids is 2. The lowest BCUT2D eigenvalue weighted by atomic mass is 9.90. The molecule has 0 aromatic carbocycles. The Morgan fingerprint density at radius 1 is 1.23 bits per heavy atom. The maximum absolute atomic E-state index is 12.9. The third-order valence-corrected chi connectivity index (χ3v) is 5.25. The average Bonchev–Trinajstić information content (AvgIpc) is 3.09. The molecule has 0 spiro atoms. The van der Waals surface area contributed by atoms with E-state index >= 15 is 0 Å². The van der Waals surface area contributed by atoms with Gasteiger partial charge >= 0.3 is 5.97 Å². The van der Waals surface area contributed by atoms with Gasteiger partial charge in [-0.2, -0.15) is 0 Å². The molecule has 2 amide bonds. The zero-order valence-corrected chi connectivity index (χ0v) is 15.0. The number of thiophene rings is 1. The zero-order chi connectivity index (χ0) is 18.7. The van der Waals surface area contributed by atoms with Crippen molar-refractivity contribution in [2.75, 3.05) is 18.4 Å². The van der Waals surface area contributed by atoms with Gasteiger partial charge in [-0.05, 0) is 35.9 Å². The number of amides is 2. The standard InChI is InChI=1S/C18H19N3O4S/c1-11-8-13(18(24)25)10-21(9-11)17(23)15-14(4-7-26-15)20-16(22)12-2-5-19-6-3-12/h2-7,11,13H,8-10H2,1H3,(H,20,22)(H,24,25). The maximum atomic E-state index is 12.9. The van der Waals surface area contributed by atoms with Gasteiger partial charge in [0.25, 0.3) is 11.8 Å². The quantitative estimate of drug-likeness (QED) is 0.858. The Balaban J connectivity index is 1.76. The van der Waals surface area contributed by atoms with Gasteiger partial charge in [0.05, 0.1) is 11.6 Å². The first-order valence-corrected chi connectivity index (χ1v) is 9.14. The number of carbonyl (C=O) groups is 3. The molecular weight excluding hydrogens is 354 g/mol. The minimum absolute atomic E-state index is 0.114. The van der Waals surface area contributed by atoms with Crippen molar-refractivity contribution in [3.05, 3.63) is 46.4 Å². The summed E-state index contributed by atoms with van der Waals surface area (Å²) >= 11 is 1.23. The van der Waals surface area contributed by atoms with Crippen LogP contribution in [-0.2, 0) is 4.79 Å². The lowest BCUT2D eigenvalue weighted by molar-refractivity contribution is -0.143. The number of hydrogen-bond donors (Lipinski definition) is 2. The molecule has 3 rings (SSSR count). The summed E-state index contributed by atoms with van der Waals surface area (Å²) < 4.78 is 0. The summed E-state index contributed by atoms with van der Waals surface area (Å²) in [7, 11) is 0. The predicted octanol–water partition coefficient (Wildman–Crippen LogP) is 2.58. The van der Waals surface area contributed by atoms with E-state index in [0.29, 0.717) is 29.1 Å². The molecule has 2 unspecified atom stereocenters. The minimum Gasteiger partial charge on any atom is -0.481 e. The molecule has 3 heterocycles. The van der Waals surface area contributed by atoms with Crippen LogP contribution >= 0.6 is 11.3 Å². The van der Waals surface area contributed by atoms with Crippen molar-refractivity contribution in [2.45, 2.75) is 13.3 Å².